The summed E-state index contributed by atoms with van der Waals surface area (Å²) in [7, 11) is 1.85. The van der Waals surface area contributed by atoms with Crippen LogP contribution in [0.25, 0.3) is 10.9 Å². The molecular weight excluding hydrogens is 509 g/mol. The maximum Gasteiger partial charge on any atom is 0.248 e. The highest BCUT2D eigenvalue weighted by molar-refractivity contribution is 6.31. The summed E-state index contributed by atoms with van der Waals surface area (Å²) in [4.78, 5) is 19.2. The average molecular weight is 538 g/mol. The molecule has 1 fully saturated rings. The van der Waals surface area contributed by atoms with Crippen LogP contribution in [-0.4, -0.2) is 60.9 Å². The van der Waals surface area contributed by atoms with Crippen molar-refractivity contribution in [3.63, 3.8) is 0 Å². The number of benzene rings is 2. The summed E-state index contributed by atoms with van der Waals surface area (Å²) in [5.74, 6) is -0.517. The smallest absolute Gasteiger partial charge is 0.248 e. The van der Waals surface area contributed by atoms with Gasteiger partial charge in [-0.3, -0.25) is 9.78 Å². The third-order valence-electron chi connectivity index (χ3n) is 6.36. The Labute approximate surface area is 225 Å². The highest BCUT2D eigenvalue weighted by Crippen LogP contribution is 2.35. The number of amides is 1. The number of nitrogens with one attached hydrogen (secondary N) is 2. The number of nitriles is 1. The third-order valence-corrected chi connectivity index (χ3v) is 6.65. The predicted octanol–water partition coefficient (Wildman–Crippen LogP) is 4.64. The molecule has 1 aliphatic rings. The zero-order valence-corrected chi connectivity index (χ0v) is 21.8. The molecule has 0 saturated carbocycles. The van der Waals surface area contributed by atoms with E-state index >= 15 is 0 Å². The van der Waals surface area contributed by atoms with Gasteiger partial charge in [-0.25, -0.2) is 4.39 Å². The summed E-state index contributed by atoms with van der Waals surface area (Å²) >= 11 is 5.96. The van der Waals surface area contributed by atoms with Crippen LogP contribution in [0.1, 0.15) is 17.5 Å². The van der Waals surface area contributed by atoms with E-state index in [2.05, 4.69) is 21.7 Å². The Morgan fingerprint density at radius 1 is 1.39 bits per heavy atom. The Morgan fingerprint density at radius 3 is 2.95 bits per heavy atom. The number of nitrogens with zero attached hydrogens (tertiary/aromatic N) is 3. The molecule has 1 atom stereocenters. The fourth-order valence-electron chi connectivity index (χ4n) is 4.34. The van der Waals surface area contributed by atoms with Crippen molar-refractivity contribution in [1.82, 2.24) is 9.88 Å². The number of hydrogen-bond acceptors (Lipinski definition) is 7. The number of ether oxygens (including phenoxy) is 1. The summed E-state index contributed by atoms with van der Waals surface area (Å²) in [6.45, 7) is 2.43. The number of rotatable bonds is 10. The average Bonchev–Trinajstić information content (AvgIpc) is 3.40. The molecule has 0 bridgehead atoms. The SMILES string of the molecule is CN(C/C=C/C(=O)Nc1cc2c(Nc3ccc(F)c(Cl)c3)c(C#N)cnc2cc1C[C@H]1CCOC1)CCO. The zero-order valence-electron chi connectivity index (χ0n) is 21.0. The van der Waals surface area contributed by atoms with E-state index in [4.69, 9.17) is 21.4 Å². The Kier molecular flexibility index (Phi) is 9.26. The van der Waals surface area contributed by atoms with Crippen molar-refractivity contribution in [2.24, 2.45) is 5.92 Å². The second kappa shape index (κ2) is 12.8. The van der Waals surface area contributed by atoms with Crippen LogP contribution in [0.3, 0.4) is 0 Å². The number of carbonyl (C=O) groups is 1. The van der Waals surface area contributed by atoms with Gasteiger partial charge in [-0.2, -0.15) is 5.26 Å². The molecule has 198 valence electrons. The number of halogens is 2. The first kappa shape index (κ1) is 27.5. The molecular formula is C28H29ClFN5O3. The molecule has 2 aromatic carbocycles. The van der Waals surface area contributed by atoms with Gasteiger partial charge in [0.2, 0.25) is 5.91 Å². The molecule has 10 heteroatoms. The van der Waals surface area contributed by atoms with Crippen molar-refractivity contribution in [3.05, 3.63) is 70.6 Å². The molecule has 1 saturated heterocycles. The summed E-state index contributed by atoms with van der Waals surface area (Å²) in [5, 5.41) is 25.6. The first-order chi connectivity index (χ1) is 18.4. The lowest BCUT2D eigenvalue weighted by Gasteiger charge is -2.17. The first-order valence-electron chi connectivity index (χ1n) is 12.3. The lowest BCUT2D eigenvalue weighted by atomic mass is 9.95. The van der Waals surface area contributed by atoms with E-state index in [1.54, 1.807) is 6.08 Å². The molecule has 0 radical (unpaired) electrons. The van der Waals surface area contributed by atoms with E-state index in [1.165, 1.54) is 30.5 Å². The summed E-state index contributed by atoms with van der Waals surface area (Å²) in [5.41, 5.74) is 3.45. The van der Waals surface area contributed by atoms with Gasteiger partial charge in [0, 0.05) is 55.3 Å². The van der Waals surface area contributed by atoms with Gasteiger partial charge < -0.3 is 25.4 Å². The maximum atomic E-state index is 13.7. The number of aliphatic hydroxyl groups excluding tert-OH is 1. The molecule has 3 aromatic rings. The van der Waals surface area contributed by atoms with Crippen molar-refractivity contribution >= 4 is 45.5 Å². The van der Waals surface area contributed by atoms with Crippen LogP contribution in [0, 0.1) is 23.1 Å². The molecule has 38 heavy (non-hydrogen) atoms. The monoisotopic (exact) mass is 537 g/mol. The van der Waals surface area contributed by atoms with Gasteiger partial charge in [-0.05, 0) is 61.7 Å². The maximum absolute atomic E-state index is 13.7. The van der Waals surface area contributed by atoms with Crippen molar-refractivity contribution in [2.45, 2.75) is 12.8 Å². The van der Waals surface area contributed by atoms with Crippen molar-refractivity contribution in [1.29, 1.82) is 5.26 Å². The minimum absolute atomic E-state index is 0.0427. The second-order valence-corrected chi connectivity index (χ2v) is 9.66. The number of pyridine rings is 1. The number of aliphatic hydroxyl groups is 1. The first-order valence-corrected chi connectivity index (χ1v) is 12.7. The Hall–Kier alpha value is -3.55. The van der Waals surface area contributed by atoms with Crippen LogP contribution in [0.5, 0.6) is 0 Å². The van der Waals surface area contributed by atoms with Crippen LogP contribution in [0.2, 0.25) is 5.02 Å². The lowest BCUT2D eigenvalue weighted by molar-refractivity contribution is -0.111. The molecule has 0 aliphatic carbocycles. The van der Waals surface area contributed by atoms with Crippen molar-refractivity contribution in [3.8, 4) is 6.07 Å². The molecule has 8 nitrogen and oxygen atoms in total. The quantitative estimate of drug-likeness (QED) is 0.323. The zero-order chi connectivity index (χ0) is 27.1. The third kappa shape index (κ3) is 6.85. The molecule has 1 aliphatic heterocycles. The largest absolute Gasteiger partial charge is 0.395 e. The Balaban J connectivity index is 1.71. The van der Waals surface area contributed by atoms with Crippen LogP contribution >= 0.6 is 11.6 Å². The summed E-state index contributed by atoms with van der Waals surface area (Å²) in [6, 6.07) is 10.1. The number of fused-ring (bicyclic) bond motifs is 1. The Morgan fingerprint density at radius 2 is 2.24 bits per heavy atom. The molecule has 0 unspecified atom stereocenters. The lowest BCUT2D eigenvalue weighted by Crippen LogP contribution is -2.22. The van der Waals surface area contributed by atoms with Crippen molar-refractivity contribution < 1.29 is 19.0 Å². The highest BCUT2D eigenvalue weighted by atomic mass is 35.5. The van der Waals surface area contributed by atoms with Crippen LogP contribution in [0.15, 0.2) is 48.7 Å². The number of likely N-dealkylation sites (N-methyl/N-ethyl adjacent to an activating group) is 1. The van der Waals surface area contributed by atoms with E-state index in [0.29, 0.717) is 72.2 Å². The fraction of sp³-hybridized carbons (Fsp3) is 0.321. The number of carbonyl (C=O) groups excluding carboxylic acids is 1. The van der Waals surface area contributed by atoms with E-state index in [9.17, 15) is 14.4 Å². The summed E-state index contributed by atoms with van der Waals surface area (Å²) in [6.07, 6.45) is 6.32. The van der Waals surface area contributed by atoms with E-state index in [1.807, 2.05) is 24.1 Å². The number of hydrogen-bond donors (Lipinski definition) is 3. The normalized spacial score (nSPS) is 15.3. The molecule has 1 aromatic heterocycles. The van der Waals surface area contributed by atoms with Crippen LogP contribution in [0.4, 0.5) is 21.5 Å². The van der Waals surface area contributed by atoms with Crippen LogP contribution < -0.4 is 10.6 Å². The predicted molar refractivity (Wildman–Crippen MR) is 146 cm³/mol. The molecule has 2 heterocycles. The van der Waals surface area contributed by atoms with Gasteiger partial charge in [0.25, 0.3) is 0 Å². The topological polar surface area (TPSA) is 111 Å². The molecule has 4 rings (SSSR count). The Bertz CT molecular complexity index is 1390. The highest BCUT2D eigenvalue weighted by Gasteiger charge is 2.20. The van der Waals surface area contributed by atoms with Crippen molar-refractivity contribution in [2.75, 3.05) is 50.6 Å². The molecule has 0 spiro atoms. The molecule has 1 amide bonds. The minimum atomic E-state index is -0.543. The van der Waals surface area contributed by atoms with E-state index < -0.39 is 5.82 Å². The van der Waals surface area contributed by atoms with Gasteiger partial charge in [0.15, 0.2) is 0 Å². The fourth-order valence-corrected chi connectivity index (χ4v) is 4.52. The van der Waals surface area contributed by atoms with Gasteiger partial charge in [0.1, 0.15) is 11.9 Å². The van der Waals surface area contributed by atoms with Gasteiger partial charge in [0.05, 0.1) is 28.4 Å². The van der Waals surface area contributed by atoms with Crippen LogP contribution in [-0.2, 0) is 16.0 Å². The summed E-state index contributed by atoms with van der Waals surface area (Å²) < 4.78 is 19.2. The van der Waals surface area contributed by atoms with E-state index in [-0.39, 0.29) is 17.5 Å². The van der Waals surface area contributed by atoms with Gasteiger partial charge in [-0.15, -0.1) is 0 Å². The standard InChI is InChI=1S/C28H29ClFN5O3/c1-35(8-9-36)7-2-3-27(37)34-25-14-22-26(12-19(25)11-18-6-10-38-17-18)32-16-20(15-31)28(22)33-21-4-5-24(30)23(29)13-21/h2-5,12-14,16,18,36H,6-11,17H2,1H3,(H,32,33)(H,34,37)/b3-2+/t18-/m1/s1. The number of aromatic nitrogens is 1. The second-order valence-electron chi connectivity index (χ2n) is 9.25. The molecule has 3 N–H and O–H groups in total. The minimum Gasteiger partial charge on any atom is -0.395 e. The van der Waals surface area contributed by atoms with E-state index in [0.717, 1.165) is 12.0 Å². The number of anilines is 3. The van der Waals surface area contributed by atoms with Gasteiger partial charge in [-0.1, -0.05) is 17.7 Å². The van der Waals surface area contributed by atoms with Gasteiger partial charge >= 0.3 is 0 Å².